The molecule has 0 aliphatic carbocycles. The average molecular weight is 310 g/mol. The van der Waals surface area contributed by atoms with Gasteiger partial charge in [0.25, 0.3) is 0 Å². The van der Waals surface area contributed by atoms with Gasteiger partial charge >= 0.3 is 6.03 Å². The molecule has 0 aliphatic rings. The standard InChI is InChI=1S/C19H22N2O2/c1-13(2)14-7-5-8-15(11-14)19(3,4)21-18(23)20-16-9-6-10-17(22)12-16/h5-12,22H,1H2,2-4H3,(H2,20,21,23). The third-order valence-electron chi connectivity index (χ3n) is 3.61. The highest BCUT2D eigenvalue weighted by Gasteiger charge is 2.23. The minimum Gasteiger partial charge on any atom is -0.508 e. The third kappa shape index (κ3) is 4.36. The molecule has 0 saturated heterocycles. The van der Waals surface area contributed by atoms with Crippen LogP contribution in [0.1, 0.15) is 31.9 Å². The Kier molecular flexibility index (Phi) is 4.74. The largest absolute Gasteiger partial charge is 0.508 e. The molecule has 0 spiro atoms. The van der Waals surface area contributed by atoms with Crippen molar-refractivity contribution < 1.29 is 9.90 Å². The second-order valence-electron chi connectivity index (χ2n) is 6.12. The van der Waals surface area contributed by atoms with E-state index in [1.54, 1.807) is 18.2 Å². The Morgan fingerprint density at radius 2 is 1.83 bits per heavy atom. The molecule has 3 N–H and O–H groups in total. The van der Waals surface area contributed by atoms with Crippen molar-refractivity contribution in [2.75, 3.05) is 5.32 Å². The summed E-state index contributed by atoms with van der Waals surface area (Å²) in [4.78, 5) is 12.2. The van der Waals surface area contributed by atoms with E-state index in [-0.39, 0.29) is 11.8 Å². The molecule has 0 unspecified atom stereocenters. The number of amides is 2. The number of hydrogen-bond donors (Lipinski definition) is 3. The Morgan fingerprint density at radius 1 is 1.13 bits per heavy atom. The molecule has 0 fully saturated rings. The second-order valence-corrected chi connectivity index (χ2v) is 6.12. The molecule has 4 nitrogen and oxygen atoms in total. The van der Waals surface area contributed by atoms with Gasteiger partial charge in [-0.3, -0.25) is 0 Å². The maximum atomic E-state index is 12.2. The number of carbonyl (C=O) groups is 1. The number of anilines is 1. The third-order valence-corrected chi connectivity index (χ3v) is 3.61. The van der Waals surface area contributed by atoms with Gasteiger partial charge in [-0.05, 0) is 50.1 Å². The monoisotopic (exact) mass is 310 g/mol. The Balaban J connectivity index is 2.12. The predicted octanol–water partition coefficient (Wildman–Crippen LogP) is 4.48. The molecule has 0 bridgehead atoms. The van der Waals surface area contributed by atoms with Crippen LogP contribution in [-0.4, -0.2) is 11.1 Å². The van der Waals surface area contributed by atoms with E-state index in [9.17, 15) is 9.90 Å². The van der Waals surface area contributed by atoms with Crippen molar-refractivity contribution in [2.45, 2.75) is 26.3 Å². The molecular weight excluding hydrogens is 288 g/mol. The van der Waals surface area contributed by atoms with E-state index in [4.69, 9.17) is 0 Å². The number of aromatic hydroxyl groups is 1. The molecule has 120 valence electrons. The maximum absolute atomic E-state index is 12.2. The van der Waals surface area contributed by atoms with Crippen molar-refractivity contribution in [1.29, 1.82) is 0 Å². The van der Waals surface area contributed by atoms with Crippen LogP contribution in [0.15, 0.2) is 55.1 Å². The van der Waals surface area contributed by atoms with Crippen molar-refractivity contribution in [3.63, 3.8) is 0 Å². The van der Waals surface area contributed by atoms with Gasteiger partial charge < -0.3 is 15.7 Å². The summed E-state index contributed by atoms with van der Waals surface area (Å²) in [6.07, 6.45) is 0. The SMILES string of the molecule is C=C(C)c1cccc(C(C)(C)NC(=O)Nc2cccc(O)c2)c1. The lowest BCUT2D eigenvalue weighted by Crippen LogP contribution is -2.43. The highest BCUT2D eigenvalue weighted by Crippen LogP contribution is 2.24. The number of hydrogen-bond acceptors (Lipinski definition) is 2. The number of urea groups is 1. The van der Waals surface area contributed by atoms with Crippen LogP contribution in [0.5, 0.6) is 5.75 Å². The van der Waals surface area contributed by atoms with E-state index in [0.717, 1.165) is 16.7 Å². The van der Waals surface area contributed by atoms with Crippen LogP contribution < -0.4 is 10.6 Å². The summed E-state index contributed by atoms with van der Waals surface area (Å²) in [6, 6.07) is 14.1. The highest BCUT2D eigenvalue weighted by molar-refractivity contribution is 5.90. The minimum absolute atomic E-state index is 0.108. The lowest BCUT2D eigenvalue weighted by molar-refractivity contribution is 0.242. The van der Waals surface area contributed by atoms with Gasteiger partial charge in [0.2, 0.25) is 0 Å². The summed E-state index contributed by atoms with van der Waals surface area (Å²) in [6.45, 7) is 9.78. The van der Waals surface area contributed by atoms with Crippen LogP contribution in [-0.2, 0) is 5.54 Å². The van der Waals surface area contributed by atoms with Crippen LogP contribution in [0.2, 0.25) is 0 Å². The summed E-state index contributed by atoms with van der Waals surface area (Å²) in [5.41, 5.74) is 3.00. The van der Waals surface area contributed by atoms with Crippen LogP contribution in [0.4, 0.5) is 10.5 Å². The lowest BCUT2D eigenvalue weighted by atomic mass is 9.92. The molecule has 0 aromatic heterocycles. The first-order valence-electron chi connectivity index (χ1n) is 7.42. The zero-order valence-electron chi connectivity index (χ0n) is 13.7. The Labute approximate surface area is 136 Å². The normalized spacial score (nSPS) is 10.9. The molecule has 0 aliphatic heterocycles. The van der Waals surface area contributed by atoms with Gasteiger partial charge in [0.05, 0.1) is 5.54 Å². The summed E-state index contributed by atoms with van der Waals surface area (Å²) >= 11 is 0. The molecule has 2 aromatic carbocycles. The van der Waals surface area contributed by atoms with Gasteiger partial charge in [-0.2, -0.15) is 0 Å². The summed E-state index contributed by atoms with van der Waals surface area (Å²) < 4.78 is 0. The fourth-order valence-electron chi connectivity index (χ4n) is 2.28. The van der Waals surface area contributed by atoms with Crippen molar-refractivity contribution in [1.82, 2.24) is 5.32 Å². The van der Waals surface area contributed by atoms with Crippen LogP contribution in [0, 0.1) is 0 Å². The van der Waals surface area contributed by atoms with Gasteiger partial charge in [-0.25, -0.2) is 4.79 Å². The number of phenolic OH excluding ortho intramolecular Hbond substituents is 1. The quantitative estimate of drug-likeness (QED) is 0.779. The molecule has 4 heteroatoms. The molecule has 0 heterocycles. The van der Waals surface area contributed by atoms with Gasteiger partial charge in [0.1, 0.15) is 5.75 Å². The van der Waals surface area contributed by atoms with Gasteiger partial charge in [0, 0.05) is 11.8 Å². The van der Waals surface area contributed by atoms with E-state index in [1.807, 2.05) is 45.0 Å². The molecule has 2 rings (SSSR count). The number of rotatable bonds is 4. The van der Waals surface area contributed by atoms with E-state index in [0.29, 0.717) is 5.69 Å². The summed E-state index contributed by atoms with van der Waals surface area (Å²) in [5, 5.41) is 15.1. The molecular formula is C19H22N2O2. The first-order valence-corrected chi connectivity index (χ1v) is 7.42. The molecule has 0 radical (unpaired) electrons. The zero-order chi connectivity index (χ0) is 17.0. The van der Waals surface area contributed by atoms with Gasteiger partial charge in [0.15, 0.2) is 0 Å². The Morgan fingerprint density at radius 3 is 2.48 bits per heavy atom. The highest BCUT2D eigenvalue weighted by atomic mass is 16.3. The number of allylic oxidation sites excluding steroid dienone is 1. The minimum atomic E-state index is -0.549. The van der Waals surface area contributed by atoms with E-state index in [1.165, 1.54) is 6.07 Å². The first-order chi connectivity index (χ1) is 10.8. The van der Waals surface area contributed by atoms with E-state index in [2.05, 4.69) is 17.2 Å². The molecule has 0 atom stereocenters. The summed E-state index contributed by atoms with van der Waals surface area (Å²) in [7, 11) is 0. The van der Waals surface area contributed by atoms with Crippen LogP contribution in [0.25, 0.3) is 5.57 Å². The molecule has 2 amide bonds. The maximum Gasteiger partial charge on any atom is 0.319 e. The van der Waals surface area contributed by atoms with Gasteiger partial charge in [-0.1, -0.05) is 36.4 Å². The van der Waals surface area contributed by atoms with Gasteiger partial charge in [-0.15, -0.1) is 0 Å². The zero-order valence-corrected chi connectivity index (χ0v) is 13.7. The Hall–Kier alpha value is -2.75. The Bertz CT molecular complexity index is 736. The second kappa shape index (κ2) is 6.57. The topological polar surface area (TPSA) is 61.4 Å². The van der Waals surface area contributed by atoms with E-state index < -0.39 is 5.54 Å². The van der Waals surface area contributed by atoms with E-state index >= 15 is 0 Å². The average Bonchev–Trinajstić information content (AvgIpc) is 2.46. The predicted molar refractivity (Wildman–Crippen MR) is 94.4 cm³/mol. The smallest absolute Gasteiger partial charge is 0.319 e. The van der Waals surface area contributed by atoms with Crippen LogP contribution >= 0.6 is 0 Å². The first kappa shape index (κ1) is 16.6. The van der Waals surface area contributed by atoms with Crippen LogP contribution in [0.3, 0.4) is 0 Å². The fourth-order valence-corrected chi connectivity index (χ4v) is 2.28. The molecule has 0 saturated carbocycles. The lowest BCUT2D eigenvalue weighted by Gasteiger charge is -2.27. The summed E-state index contributed by atoms with van der Waals surface area (Å²) in [5.74, 6) is 0.108. The van der Waals surface area contributed by atoms with Crippen molar-refractivity contribution in [2.24, 2.45) is 0 Å². The molecule has 23 heavy (non-hydrogen) atoms. The molecule has 2 aromatic rings. The number of phenols is 1. The number of benzene rings is 2. The van der Waals surface area contributed by atoms with Crippen molar-refractivity contribution in [3.8, 4) is 5.75 Å². The number of nitrogens with one attached hydrogen (secondary N) is 2. The fraction of sp³-hybridized carbons (Fsp3) is 0.211. The number of carbonyl (C=O) groups excluding carboxylic acids is 1. The van der Waals surface area contributed by atoms with Crippen molar-refractivity contribution in [3.05, 3.63) is 66.2 Å². The van der Waals surface area contributed by atoms with Crippen molar-refractivity contribution >= 4 is 17.3 Å².